The average Bonchev–Trinajstić information content (AvgIpc) is 2.55. The third-order valence-corrected chi connectivity index (χ3v) is 4.14. The molecule has 0 radical (unpaired) electrons. The maximum atomic E-state index is 10.2. The summed E-state index contributed by atoms with van der Waals surface area (Å²) in [5, 5.41) is 29.7. The highest BCUT2D eigenvalue weighted by atomic mass is 16.3. The minimum absolute atomic E-state index is 0.245. The lowest BCUT2D eigenvalue weighted by Gasteiger charge is -2.40. The predicted octanol–water partition coefficient (Wildman–Crippen LogP) is -0.0366. The molecule has 2 aliphatic heterocycles. The van der Waals surface area contributed by atoms with Gasteiger partial charge in [0.05, 0.1) is 24.4 Å². The predicted molar refractivity (Wildman–Crippen MR) is 61.0 cm³/mol. The molecule has 0 aromatic rings. The van der Waals surface area contributed by atoms with E-state index in [0.29, 0.717) is 12.5 Å². The Hall–Kier alpha value is -0.160. The van der Waals surface area contributed by atoms with Gasteiger partial charge in [-0.25, -0.2) is 0 Å². The molecule has 5 atom stereocenters. The van der Waals surface area contributed by atoms with E-state index in [1.807, 2.05) is 4.90 Å². The Balaban J connectivity index is 1.99. The van der Waals surface area contributed by atoms with E-state index >= 15 is 0 Å². The van der Waals surface area contributed by atoms with E-state index in [1.165, 1.54) is 0 Å². The van der Waals surface area contributed by atoms with Gasteiger partial charge in [-0.3, -0.25) is 4.90 Å². The summed E-state index contributed by atoms with van der Waals surface area (Å²) in [5.41, 5.74) is 0. The summed E-state index contributed by atoms with van der Waals surface area (Å²) in [7, 11) is 0. The fourth-order valence-corrected chi connectivity index (χ4v) is 3.13. The molecule has 0 aromatic carbocycles. The second-order valence-corrected chi connectivity index (χ2v) is 5.23. The van der Waals surface area contributed by atoms with E-state index in [0.717, 1.165) is 32.2 Å². The molecule has 3 N–H and O–H groups in total. The number of aliphatic hydroxyl groups is 3. The summed E-state index contributed by atoms with van der Waals surface area (Å²) >= 11 is 0. The Morgan fingerprint density at radius 3 is 2.62 bits per heavy atom. The number of hydrogen-bond acceptors (Lipinski definition) is 4. The van der Waals surface area contributed by atoms with Gasteiger partial charge in [-0.15, -0.1) is 0 Å². The first-order chi connectivity index (χ1) is 7.65. The number of rotatable bonds is 3. The maximum Gasteiger partial charge on any atom is 0.0991 e. The first kappa shape index (κ1) is 12.3. The van der Waals surface area contributed by atoms with Gasteiger partial charge in [0.25, 0.3) is 0 Å². The van der Waals surface area contributed by atoms with Crippen LogP contribution in [-0.4, -0.2) is 57.7 Å². The SMILES string of the molecule is CCCC[C@@H]1CCN2CC(O)[C@@H](O)[C@@H]2[C@H]1O. The van der Waals surface area contributed by atoms with Crippen LogP contribution in [0.15, 0.2) is 0 Å². The number of aliphatic hydroxyl groups excluding tert-OH is 3. The van der Waals surface area contributed by atoms with Crippen LogP contribution in [0.1, 0.15) is 32.6 Å². The van der Waals surface area contributed by atoms with E-state index in [2.05, 4.69) is 6.92 Å². The van der Waals surface area contributed by atoms with Crippen LogP contribution >= 0.6 is 0 Å². The monoisotopic (exact) mass is 229 g/mol. The van der Waals surface area contributed by atoms with Crippen LogP contribution < -0.4 is 0 Å². The van der Waals surface area contributed by atoms with Crippen LogP contribution in [0, 0.1) is 5.92 Å². The van der Waals surface area contributed by atoms with Crippen LogP contribution in [0.25, 0.3) is 0 Å². The molecule has 4 heteroatoms. The Bertz CT molecular complexity index is 236. The Morgan fingerprint density at radius 1 is 1.19 bits per heavy atom. The highest BCUT2D eigenvalue weighted by Gasteiger charge is 2.48. The molecular weight excluding hydrogens is 206 g/mol. The van der Waals surface area contributed by atoms with Crippen molar-refractivity contribution >= 4 is 0 Å². The van der Waals surface area contributed by atoms with Crippen molar-refractivity contribution in [3.05, 3.63) is 0 Å². The van der Waals surface area contributed by atoms with Gasteiger partial charge in [-0.05, 0) is 25.3 Å². The molecule has 2 heterocycles. The zero-order valence-electron chi connectivity index (χ0n) is 9.92. The van der Waals surface area contributed by atoms with Crippen molar-refractivity contribution in [3.8, 4) is 0 Å². The van der Waals surface area contributed by atoms with Crippen molar-refractivity contribution in [2.24, 2.45) is 5.92 Å². The van der Waals surface area contributed by atoms with Gasteiger partial charge in [0, 0.05) is 6.54 Å². The number of piperidine rings is 1. The van der Waals surface area contributed by atoms with Crippen LogP contribution in [0.2, 0.25) is 0 Å². The fraction of sp³-hybridized carbons (Fsp3) is 1.00. The molecular formula is C12H23NO3. The van der Waals surface area contributed by atoms with Crippen molar-refractivity contribution in [2.45, 2.75) is 57.0 Å². The Morgan fingerprint density at radius 2 is 1.94 bits per heavy atom. The summed E-state index contributed by atoms with van der Waals surface area (Å²) in [6, 6.07) is -0.245. The zero-order valence-corrected chi connectivity index (χ0v) is 9.92. The lowest BCUT2D eigenvalue weighted by Crippen LogP contribution is -2.53. The van der Waals surface area contributed by atoms with E-state index in [-0.39, 0.29) is 6.04 Å². The van der Waals surface area contributed by atoms with Crippen LogP contribution in [0.3, 0.4) is 0 Å². The van der Waals surface area contributed by atoms with Gasteiger partial charge in [0.15, 0.2) is 0 Å². The first-order valence-corrected chi connectivity index (χ1v) is 6.43. The van der Waals surface area contributed by atoms with E-state index < -0.39 is 18.3 Å². The summed E-state index contributed by atoms with van der Waals surface area (Å²) in [6.07, 6.45) is 2.34. The largest absolute Gasteiger partial charge is 0.391 e. The highest BCUT2D eigenvalue weighted by Crippen LogP contribution is 2.33. The van der Waals surface area contributed by atoms with Crippen LogP contribution in [0.5, 0.6) is 0 Å². The van der Waals surface area contributed by atoms with Crippen molar-refractivity contribution in [1.82, 2.24) is 4.90 Å². The third-order valence-electron chi connectivity index (χ3n) is 4.14. The van der Waals surface area contributed by atoms with Gasteiger partial charge in [0.2, 0.25) is 0 Å². The highest BCUT2D eigenvalue weighted by molar-refractivity contribution is 5.01. The summed E-state index contributed by atoms with van der Waals surface area (Å²) in [4.78, 5) is 2.03. The van der Waals surface area contributed by atoms with Gasteiger partial charge in [0.1, 0.15) is 0 Å². The standard InChI is InChI=1S/C12H23NO3/c1-2-3-4-8-5-6-13-7-9(14)12(16)10(13)11(8)15/h8-12,14-16H,2-7H2,1H3/t8-,9?,10+,11+,12-/m1/s1. The van der Waals surface area contributed by atoms with Crippen LogP contribution in [0.4, 0.5) is 0 Å². The molecule has 4 nitrogen and oxygen atoms in total. The Labute approximate surface area is 96.9 Å². The molecule has 1 unspecified atom stereocenters. The molecule has 0 saturated carbocycles. The molecule has 2 aliphatic rings. The quantitative estimate of drug-likeness (QED) is 0.635. The minimum atomic E-state index is -0.778. The van der Waals surface area contributed by atoms with Crippen molar-refractivity contribution < 1.29 is 15.3 Å². The number of unbranched alkanes of at least 4 members (excludes halogenated alkanes) is 1. The summed E-state index contributed by atoms with van der Waals surface area (Å²) < 4.78 is 0. The molecule has 2 rings (SSSR count). The van der Waals surface area contributed by atoms with Crippen LogP contribution in [-0.2, 0) is 0 Å². The average molecular weight is 229 g/mol. The van der Waals surface area contributed by atoms with Crippen molar-refractivity contribution in [1.29, 1.82) is 0 Å². The molecule has 2 fully saturated rings. The molecule has 0 aromatic heterocycles. The summed E-state index contributed by atoms with van der Waals surface area (Å²) in [5.74, 6) is 0.293. The van der Waals surface area contributed by atoms with Gasteiger partial charge in [-0.2, -0.15) is 0 Å². The zero-order chi connectivity index (χ0) is 11.7. The topological polar surface area (TPSA) is 63.9 Å². The lowest BCUT2D eigenvalue weighted by atomic mass is 9.83. The third kappa shape index (κ3) is 2.12. The van der Waals surface area contributed by atoms with Crippen molar-refractivity contribution in [3.63, 3.8) is 0 Å². The molecule has 0 bridgehead atoms. The Kier molecular flexibility index (Phi) is 3.85. The van der Waals surface area contributed by atoms with E-state index in [4.69, 9.17) is 0 Å². The molecule has 0 amide bonds. The van der Waals surface area contributed by atoms with E-state index in [9.17, 15) is 15.3 Å². The van der Waals surface area contributed by atoms with Gasteiger partial charge >= 0.3 is 0 Å². The normalized spacial score (nSPS) is 44.6. The van der Waals surface area contributed by atoms with Crippen molar-refractivity contribution in [2.75, 3.05) is 13.1 Å². The lowest BCUT2D eigenvalue weighted by molar-refractivity contribution is -0.0584. The second kappa shape index (κ2) is 5.00. The molecule has 94 valence electrons. The van der Waals surface area contributed by atoms with Gasteiger partial charge < -0.3 is 15.3 Å². The minimum Gasteiger partial charge on any atom is -0.391 e. The molecule has 0 aliphatic carbocycles. The number of nitrogens with zero attached hydrogens (tertiary/aromatic N) is 1. The van der Waals surface area contributed by atoms with Gasteiger partial charge in [-0.1, -0.05) is 19.8 Å². The smallest absolute Gasteiger partial charge is 0.0991 e. The van der Waals surface area contributed by atoms with E-state index in [1.54, 1.807) is 0 Å². The molecule has 0 spiro atoms. The molecule has 2 saturated heterocycles. The fourth-order valence-electron chi connectivity index (χ4n) is 3.13. The first-order valence-electron chi connectivity index (χ1n) is 6.43. The maximum absolute atomic E-state index is 10.2. The number of fused-ring (bicyclic) bond motifs is 1. The second-order valence-electron chi connectivity index (χ2n) is 5.23. The number of hydrogen-bond donors (Lipinski definition) is 3. The summed E-state index contributed by atoms with van der Waals surface area (Å²) in [6.45, 7) is 3.54. The molecule has 16 heavy (non-hydrogen) atoms.